The Hall–Kier alpha value is -1.30. The minimum atomic E-state index is -4.80. The number of hydrogen-bond donors (Lipinski definition) is 0. The standard InChI is InChI=1S/C14H19F3N2O/c1-18-7-3-2-4-12(18)6-9-19-8-5-11(10-19)13(20)14(15,16)17/h5,8,10,12H,2-4,6-7,9H2,1H3. The van der Waals surface area contributed by atoms with E-state index in [1.807, 2.05) is 0 Å². The van der Waals surface area contributed by atoms with E-state index in [0.29, 0.717) is 12.6 Å². The Morgan fingerprint density at radius 2 is 2.15 bits per heavy atom. The minimum Gasteiger partial charge on any atom is -0.353 e. The van der Waals surface area contributed by atoms with Crippen LogP contribution in [0.15, 0.2) is 18.5 Å². The Bertz CT molecular complexity index is 467. The van der Waals surface area contributed by atoms with Gasteiger partial charge >= 0.3 is 6.18 Å². The lowest BCUT2D eigenvalue weighted by Gasteiger charge is -2.32. The number of aromatic nitrogens is 1. The molecule has 1 aromatic heterocycles. The van der Waals surface area contributed by atoms with E-state index < -0.39 is 12.0 Å². The predicted octanol–water partition coefficient (Wildman–Crippen LogP) is 3.11. The summed E-state index contributed by atoms with van der Waals surface area (Å²) in [7, 11) is 2.08. The lowest BCUT2D eigenvalue weighted by molar-refractivity contribution is -0.0885. The molecule has 0 radical (unpaired) electrons. The molecule has 0 amide bonds. The van der Waals surface area contributed by atoms with Gasteiger partial charge in [-0.25, -0.2) is 0 Å². The van der Waals surface area contributed by atoms with Crippen molar-refractivity contribution in [1.82, 2.24) is 9.47 Å². The molecular formula is C14H19F3N2O. The maximum Gasteiger partial charge on any atom is 0.454 e. The summed E-state index contributed by atoms with van der Waals surface area (Å²) in [6.45, 7) is 1.72. The lowest BCUT2D eigenvalue weighted by atomic mass is 10.0. The van der Waals surface area contributed by atoms with Crippen LogP contribution in [-0.2, 0) is 6.54 Å². The summed E-state index contributed by atoms with van der Waals surface area (Å²) in [5.41, 5.74) is -0.283. The third-order valence-corrected chi connectivity index (χ3v) is 3.91. The summed E-state index contributed by atoms with van der Waals surface area (Å²) in [5.74, 6) is -1.77. The third-order valence-electron chi connectivity index (χ3n) is 3.91. The van der Waals surface area contributed by atoms with Crippen LogP contribution >= 0.6 is 0 Å². The molecule has 1 fully saturated rings. The Morgan fingerprint density at radius 3 is 2.80 bits per heavy atom. The molecule has 0 N–H and O–H groups in total. The molecule has 1 atom stereocenters. The van der Waals surface area contributed by atoms with Crippen molar-refractivity contribution >= 4 is 5.78 Å². The first kappa shape index (κ1) is 15.1. The predicted molar refractivity (Wildman–Crippen MR) is 69.7 cm³/mol. The molecule has 1 aliphatic rings. The van der Waals surface area contributed by atoms with E-state index in [-0.39, 0.29) is 5.56 Å². The van der Waals surface area contributed by atoms with Gasteiger partial charge in [0, 0.05) is 30.5 Å². The summed E-state index contributed by atoms with van der Waals surface area (Å²) in [6.07, 6.45) is 2.48. The Kier molecular flexibility index (Phi) is 4.52. The second-order valence-electron chi connectivity index (χ2n) is 5.38. The molecule has 0 aromatic carbocycles. The fraction of sp³-hybridized carbons (Fsp3) is 0.643. The lowest BCUT2D eigenvalue weighted by Crippen LogP contribution is -2.36. The number of aryl methyl sites for hydroxylation is 1. The van der Waals surface area contributed by atoms with E-state index in [2.05, 4.69) is 11.9 Å². The number of likely N-dealkylation sites (tertiary alicyclic amines) is 1. The summed E-state index contributed by atoms with van der Waals surface area (Å²) < 4.78 is 38.6. The van der Waals surface area contributed by atoms with Gasteiger partial charge in [-0.1, -0.05) is 6.42 Å². The van der Waals surface area contributed by atoms with Gasteiger partial charge in [-0.05, 0) is 38.9 Å². The summed E-state index contributed by atoms with van der Waals surface area (Å²) in [4.78, 5) is 13.4. The maximum absolute atomic E-state index is 12.3. The molecule has 2 heterocycles. The van der Waals surface area contributed by atoms with Gasteiger partial charge in [0.05, 0.1) is 0 Å². The van der Waals surface area contributed by atoms with Crippen LogP contribution in [0.1, 0.15) is 36.0 Å². The summed E-state index contributed by atoms with van der Waals surface area (Å²) >= 11 is 0. The number of halogens is 3. The molecule has 1 saturated heterocycles. The van der Waals surface area contributed by atoms with Gasteiger partial charge in [0.15, 0.2) is 0 Å². The van der Waals surface area contributed by atoms with Crippen LogP contribution in [0.3, 0.4) is 0 Å². The van der Waals surface area contributed by atoms with Gasteiger partial charge in [0.1, 0.15) is 0 Å². The maximum atomic E-state index is 12.3. The zero-order chi connectivity index (χ0) is 14.8. The smallest absolute Gasteiger partial charge is 0.353 e. The number of Topliss-reactive ketones (excluding diaryl/α,β-unsaturated/α-hetero) is 1. The van der Waals surface area contributed by atoms with Crippen LogP contribution < -0.4 is 0 Å². The molecule has 112 valence electrons. The average molecular weight is 288 g/mol. The SMILES string of the molecule is CN1CCCCC1CCn1ccc(C(=O)C(F)(F)F)c1. The van der Waals surface area contributed by atoms with Gasteiger partial charge in [-0.2, -0.15) is 13.2 Å². The van der Waals surface area contributed by atoms with E-state index in [1.165, 1.54) is 25.1 Å². The van der Waals surface area contributed by atoms with E-state index in [9.17, 15) is 18.0 Å². The highest BCUT2D eigenvalue weighted by molar-refractivity contribution is 6.00. The van der Waals surface area contributed by atoms with Gasteiger partial charge < -0.3 is 9.47 Å². The minimum absolute atomic E-state index is 0.283. The highest BCUT2D eigenvalue weighted by Crippen LogP contribution is 2.22. The van der Waals surface area contributed by atoms with Crippen molar-refractivity contribution in [1.29, 1.82) is 0 Å². The summed E-state index contributed by atoms with van der Waals surface area (Å²) in [6, 6.07) is 1.72. The van der Waals surface area contributed by atoms with Crippen LogP contribution in [0.2, 0.25) is 0 Å². The Labute approximate surface area is 116 Å². The van der Waals surface area contributed by atoms with Crippen molar-refractivity contribution in [2.24, 2.45) is 0 Å². The average Bonchev–Trinajstić information content (AvgIpc) is 2.84. The van der Waals surface area contributed by atoms with E-state index >= 15 is 0 Å². The number of nitrogens with zero attached hydrogens (tertiary/aromatic N) is 2. The van der Waals surface area contributed by atoms with E-state index in [4.69, 9.17) is 0 Å². The van der Waals surface area contributed by atoms with Gasteiger partial charge in [0.2, 0.25) is 0 Å². The van der Waals surface area contributed by atoms with E-state index in [0.717, 1.165) is 19.4 Å². The molecule has 1 unspecified atom stereocenters. The number of carbonyl (C=O) groups excluding carboxylic acids is 1. The topological polar surface area (TPSA) is 25.2 Å². The molecule has 1 aliphatic heterocycles. The quantitative estimate of drug-likeness (QED) is 0.795. The van der Waals surface area contributed by atoms with Gasteiger partial charge in [-0.15, -0.1) is 0 Å². The number of alkyl halides is 3. The largest absolute Gasteiger partial charge is 0.454 e. The Balaban J connectivity index is 1.91. The third kappa shape index (κ3) is 3.62. The van der Waals surface area contributed by atoms with Crippen LogP contribution in [0.25, 0.3) is 0 Å². The number of hydrogen-bond acceptors (Lipinski definition) is 2. The fourth-order valence-electron chi connectivity index (χ4n) is 2.68. The van der Waals surface area contributed by atoms with Crippen molar-refractivity contribution in [3.05, 3.63) is 24.0 Å². The number of piperidine rings is 1. The van der Waals surface area contributed by atoms with Crippen molar-refractivity contribution in [2.75, 3.05) is 13.6 Å². The molecule has 0 spiro atoms. The highest BCUT2D eigenvalue weighted by atomic mass is 19.4. The van der Waals surface area contributed by atoms with Gasteiger partial charge in [-0.3, -0.25) is 4.79 Å². The fourth-order valence-corrected chi connectivity index (χ4v) is 2.68. The van der Waals surface area contributed by atoms with Crippen molar-refractivity contribution in [2.45, 2.75) is 44.4 Å². The molecule has 0 saturated carbocycles. The van der Waals surface area contributed by atoms with E-state index in [1.54, 1.807) is 10.8 Å². The number of carbonyl (C=O) groups is 1. The van der Waals surface area contributed by atoms with Crippen molar-refractivity contribution in [3.8, 4) is 0 Å². The van der Waals surface area contributed by atoms with Crippen LogP contribution in [0.5, 0.6) is 0 Å². The molecule has 1 aromatic rings. The first-order valence-corrected chi connectivity index (χ1v) is 6.85. The highest BCUT2D eigenvalue weighted by Gasteiger charge is 2.39. The number of ketones is 1. The molecule has 0 aliphatic carbocycles. The Morgan fingerprint density at radius 1 is 1.40 bits per heavy atom. The number of rotatable bonds is 4. The molecule has 0 bridgehead atoms. The van der Waals surface area contributed by atoms with Crippen LogP contribution in [0, 0.1) is 0 Å². The monoisotopic (exact) mass is 288 g/mol. The van der Waals surface area contributed by atoms with Crippen molar-refractivity contribution < 1.29 is 18.0 Å². The van der Waals surface area contributed by atoms with Crippen LogP contribution in [-0.4, -0.2) is 41.1 Å². The molecular weight excluding hydrogens is 269 g/mol. The second kappa shape index (κ2) is 5.99. The van der Waals surface area contributed by atoms with Gasteiger partial charge in [0.25, 0.3) is 5.78 Å². The molecule has 2 rings (SSSR count). The first-order valence-electron chi connectivity index (χ1n) is 6.85. The molecule has 6 heteroatoms. The first-order chi connectivity index (χ1) is 9.38. The normalized spacial score (nSPS) is 21.1. The van der Waals surface area contributed by atoms with Crippen LogP contribution in [0.4, 0.5) is 13.2 Å². The zero-order valence-electron chi connectivity index (χ0n) is 11.5. The summed E-state index contributed by atoms with van der Waals surface area (Å²) in [5, 5.41) is 0. The van der Waals surface area contributed by atoms with Crippen molar-refractivity contribution in [3.63, 3.8) is 0 Å². The second-order valence-corrected chi connectivity index (χ2v) is 5.38. The molecule has 20 heavy (non-hydrogen) atoms. The zero-order valence-corrected chi connectivity index (χ0v) is 11.5. The molecule has 3 nitrogen and oxygen atoms in total.